The van der Waals surface area contributed by atoms with E-state index in [0.29, 0.717) is 30.4 Å². The van der Waals surface area contributed by atoms with Crippen LogP contribution < -0.4 is 0 Å². The molecule has 6 nitrogen and oxygen atoms in total. The van der Waals surface area contributed by atoms with E-state index < -0.39 is 23.8 Å². The number of hydrogen-bond donors (Lipinski definition) is 3. The average molecular weight is 366 g/mol. The molecule has 3 N–H and O–H groups in total. The maximum Gasteiger partial charge on any atom is 0.337 e. The fraction of sp³-hybridized carbons (Fsp3) is 0.600. The molecule has 0 amide bonds. The summed E-state index contributed by atoms with van der Waals surface area (Å²) in [6, 6.07) is 0. The molecule has 1 aliphatic heterocycles. The van der Waals surface area contributed by atoms with Gasteiger partial charge in [-0.1, -0.05) is 50.5 Å². The second kappa shape index (κ2) is 10.9. The SMILES string of the molecule is CCCCCC(O)/C=C/C1=C(C)C(=O)OC1(O)C/C=C/CCCC(=O)O. The number of hydrogen-bond acceptors (Lipinski definition) is 5. The van der Waals surface area contributed by atoms with E-state index in [0.717, 1.165) is 19.3 Å². The molecule has 0 fully saturated rings. The molecule has 0 aromatic carbocycles. The van der Waals surface area contributed by atoms with E-state index in [2.05, 4.69) is 6.92 Å². The first kappa shape index (κ1) is 22.1. The summed E-state index contributed by atoms with van der Waals surface area (Å²) in [6.45, 7) is 3.67. The maximum atomic E-state index is 11.8. The van der Waals surface area contributed by atoms with Crippen LogP contribution in [0.3, 0.4) is 0 Å². The van der Waals surface area contributed by atoms with Crippen LogP contribution in [-0.2, 0) is 14.3 Å². The zero-order chi connectivity index (χ0) is 19.6. The number of ether oxygens (including phenoxy) is 1. The van der Waals surface area contributed by atoms with Gasteiger partial charge in [0.2, 0.25) is 5.79 Å². The van der Waals surface area contributed by atoms with Crippen molar-refractivity contribution in [3.8, 4) is 0 Å². The van der Waals surface area contributed by atoms with Crippen molar-refractivity contribution in [1.29, 1.82) is 0 Å². The van der Waals surface area contributed by atoms with Crippen molar-refractivity contribution in [1.82, 2.24) is 0 Å². The molecule has 2 atom stereocenters. The number of carbonyl (C=O) groups excluding carboxylic acids is 1. The quantitative estimate of drug-likeness (QED) is 0.278. The maximum absolute atomic E-state index is 11.8. The molecule has 146 valence electrons. The Bertz CT molecular complexity index is 575. The Morgan fingerprint density at radius 2 is 2.00 bits per heavy atom. The minimum Gasteiger partial charge on any atom is -0.481 e. The summed E-state index contributed by atoms with van der Waals surface area (Å²) in [4.78, 5) is 22.3. The Labute approximate surface area is 154 Å². The Hall–Kier alpha value is -1.92. The van der Waals surface area contributed by atoms with Crippen molar-refractivity contribution in [3.63, 3.8) is 0 Å². The van der Waals surface area contributed by atoms with E-state index in [1.54, 1.807) is 31.2 Å². The number of carbonyl (C=O) groups is 2. The first-order chi connectivity index (χ1) is 12.3. The second-order valence-electron chi connectivity index (χ2n) is 6.60. The predicted molar refractivity (Wildman–Crippen MR) is 98.3 cm³/mol. The number of cyclic esters (lactones) is 1. The van der Waals surface area contributed by atoms with Crippen molar-refractivity contribution < 1.29 is 29.6 Å². The smallest absolute Gasteiger partial charge is 0.337 e. The van der Waals surface area contributed by atoms with Gasteiger partial charge >= 0.3 is 11.9 Å². The van der Waals surface area contributed by atoms with Gasteiger partial charge < -0.3 is 20.1 Å². The number of aliphatic hydroxyl groups is 2. The lowest BCUT2D eigenvalue weighted by molar-refractivity contribution is -0.179. The number of rotatable bonds is 12. The van der Waals surface area contributed by atoms with Crippen molar-refractivity contribution in [2.45, 2.75) is 77.1 Å². The van der Waals surface area contributed by atoms with E-state index in [1.165, 1.54) is 0 Å². The highest BCUT2D eigenvalue weighted by Gasteiger charge is 2.42. The van der Waals surface area contributed by atoms with Crippen molar-refractivity contribution in [2.24, 2.45) is 0 Å². The van der Waals surface area contributed by atoms with Gasteiger partial charge in [-0.25, -0.2) is 4.79 Å². The third-order valence-corrected chi connectivity index (χ3v) is 4.30. The largest absolute Gasteiger partial charge is 0.481 e. The van der Waals surface area contributed by atoms with Gasteiger partial charge in [0.15, 0.2) is 0 Å². The topological polar surface area (TPSA) is 104 Å². The molecule has 2 unspecified atom stereocenters. The van der Waals surface area contributed by atoms with Crippen LogP contribution in [0.5, 0.6) is 0 Å². The van der Waals surface area contributed by atoms with Crippen LogP contribution in [0.25, 0.3) is 0 Å². The highest BCUT2D eigenvalue weighted by molar-refractivity contribution is 5.93. The van der Waals surface area contributed by atoms with Crippen molar-refractivity contribution in [3.05, 3.63) is 35.5 Å². The van der Waals surface area contributed by atoms with E-state index in [9.17, 15) is 19.8 Å². The van der Waals surface area contributed by atoms with E-state index >= 15 is 0 Å². The van der Waals surface area contributed by atoms with Gasteiger partial charge in [-0.15, -0.1) is 0 Å². The van der Waals surface area contributed by atoms with E-state index in [4.69, 9.17) is 9.84 Å². The number of carboxylic acid groups (broad SMARTS) is 1. The second-order valence-corrected chi connectivity index (χ2v) is 6.60. The van der Waals surface area contributed by atoms with Crippen LogP contribution in [0, 0.1) is 0 Å². The molecule has 0 saturated carbocycles. The van der Waals surface area contributed by atoms with Gasteiger partial charge in [0.05, 0.1) is 6.10 Å². The van der Waals surface area contributed by atoms with Crippen LogP contribution >= 0.6 is 0 Å². The van der Waals surface area contributed by atoms with Crippen LogP contribution in [0.2, 0.25) is 0 Å². The average Bonchev–Trinajstić information content (AvgIpc) is 2.78. The predicted octanol–water partition coefficient (Wildman–Crippen LogP) is 3.25. The summed E-state index contributed by atoms with van der Waals surface area (Å²) in [6.07, 6.45) is 10.9. The molecule has 0 aliphatic carbocycles. The third-order valence-electron chi connectivity index (χ3n) is 4.30. The molecule has 26 heavy (non-hydrogen) atoms. The Morgan fingerprint density at radius 3 is 2.65 bits per heavy atom. The number of allylic oxidation sites excluding steroid dienone is 1. The van der Waals surface area contributed by atoms with Crippen molar-refractivity contribution in [2.75, 3.05) is 0 Å². The van der Waals surface area contributed by atoms with Gasteiger partial charge in [0.25, 0.3) is 0 Å². The lowest BCUT2D eigenvalue weighted by atomic mass is 9.98. The van der Waals surface area contributed by atoms with Gasteiger partial charge in [-0.05, 0) is 26.2 Å². The molecule has 0 spiro atoms. The summed E-state index contributed by atoms with van der Waals surface area (Å²) in [5.41, 5.74) is 0.677. The molecule has 6 heteroatoms. The van der Waals surface area contributed by atoms with E-state index in [-0.39, 0.29) is 12.8 Å². The number of unbranched alkanes of at least 4 members (excludes halogenated alkanes) is 3. The number of carboxylic acids is 1. The zero-order valence-electron chi connectivity index (χ0n) is 15.6. The summed E-state index contributed by atoms with van der Waals surface area (Å²) in [7, 11) is 0. The Morgan fingerprint density at radius 1 is 1.27 bits per heavy atom. The normalized spacial score (nSPS) is 21.8. The fourth-order valence-corrected chi connectivity index (χ4v) is 2.73. The lowest BCUT2D eigenvalue weighted by Crippen LogP contribution is -2.30. The van der Waals surface area contributed by atoms with Crippen LogP contribution in [0.4, 0.5) is 0 Å². The van der Waals surface area contributed by atoms with Gasteiger partial charge in [0.1, 0.15) is 0 Å². The first-order valence-corrected chi connectivity index (χ1v) is 9.20. The number of aliphatic hydroxyl groups excluding tert-OH is 1. The van der Waals surface area contributed by atoms with Gasteiger partial charge in [0, 0.05) is 24.0 Å². The highest BCUT2D eigenvalue weighted by atomic mass is 16.7. The Kier molecular flexibility index (Phi) is 9.30. The molecule has 0 aromatic heterocycles. The summed E-state index contributed by atoms with van der Waals surface area (Å²) in [5.74, 6) is -3.17. The summed E-state index contributed by atoms with van der Waals surface area (Å²) < 4.78 is 5.11. The minimum atomic E-state index is -1.75. The number of esters is 1. The molecule has 1 heterocycles. The molecule has 1 aliphatic rings. The molecule has 1 rings (SSSR count). The van der Waals surface area contributed by atoms with Crippen molar-refractivity contribution >= 4 is 11.9 Å². The highest BCUT2D eigenvalue weighted by Crippen LogP contribution is 2.35. The molecule has 0 saturated heterocycles. The summed E-state index contributed by atoms with van der Waals surface area (Å²) >= 11 is 0. The van der Waals surface area contributed by atoms with E-state index in [1.807, 2.05) is 0 Å². The Balaban J connectivity index is 2.66. The molecule has 0 bridgehead atoms. The molecular formula is C20H30O6. The third kappa shape index (κ3) is 7.14. The van der Waals surface area contributed by atoms with Gasteiger partial charge in [-0.3, -0.25) is 4.79 Å². The molecule has 0 radical (unpaired) electrons. The lowest BCUT2D eigenvalue weighted by Gasteiger charge is -2.22. The minimum absolute atomic E-state index is 0.0781. The van der Waals surface area contributed by atoms with Gasteiger partial charge in [-0.2, -0.15) is 0 Å². The monoisotopic (exact) mass is 366 g/mol. The van der Waals surface area contributed by atoms with Crippen LogP contribution in [-0.4, -0.2) is 39.1 Å². The van der Waals surface area contributed by atoms with Crippen LogP contribution in [0.1, 0.15) is 65.2 Å². The first-order valence-electron chi connectivity index (χ1n) is 9.20. The molecule has 0 aromatic rings. The number of aliphatic carboxylic acids is 1. The van der Waals surface area contributed by atoms with Crippen LogP contribution in [0.15, 0.2) is 35.5 Å². The standard InChI is InChI=1S/C20H30O6/c1-3-4-7-10-16(21)12-13-17-15(2)19(24)26-20(17,25)14-9-6-5-8-11-18(22)23/h6,9,12-13,16,21,25H,3-5,7-8,10-11,14H2,1-2H3,(H,22,23)/b9-6+,13-12+. The summed E-state index contributed by atoms with van der Waals surface area (Å²) in [5, 5.41) is 29.3. The zero-order valence-corrected chi connectivity index (χ0v) is 15.6. The molecular weight excluding hydrogens is 336 g/mol. The fourth-order valence-electron chi connectivity index (χ4n) is 2.73.